The molecule has 3 rings (SSSR count). The number of halogens is 2. The van der Waals surface area contributed by atoms with Crippen LogP contribution in [0.15, 0.2) is 53.7 Å². The third-order valence-corrected chi connectivity index (χ3v) is 4.54. The second-order valence-corrected chi connectivity index (χ2v) is 6.59. The molecule has 1 aliphatic rings. The summed E-state index contributed by atoms with van der Waals surface area (Å²) in [5, 5.41) is 13.1. The zero-order chi connectivity index (χ0) is 22.9. The van der Waals surface area contributed by atoms with Crippen molar-refractivity contribution in [2.24, 2.45) is 0 Å². The number of nitro groups is 1. The number of rotatable bonds is 4. The number of Topliss-reactive ketones (excluding diaryl/α,β-unsaturated/α-hetero) is 1. The lowest BCUT2D eigenvalue weighted by atomic mass is 9.91. The summed E-state index contributed by atoms with van der Waals surface area (Å²) in [4.78, 5) is 48.3. The van der Waals surface area contributed by atoms with E-state index in [1.165, 1.54) is 13.8 Å². The molecule has 160 valence electrons. The molecular weight excluding hydrogens is 416 g/mol. The quantitative estimate of drug-likeness (QED) is 0.577. The molecule has 0 spiro atoms. The van der Waals surface area contributed by atoms with Gasteiger partial charge in [-0.15, -0.1) is 0 Å². The smallest absolute Gasteiger partial charge is 0.410 e. The van der Waals surface area contributed by atoms with Gasteiger partial charge in [0.05, 0.1) is 4.92 Å². The molecule has 9 nitrogen and oxygen atoms in total. The van der Waals surface area contributed by atoms with Crippen LogP contribution in [0.2, 0.25) is 0 Å². The Morgan fingerprint density at radius 3 is 2.32 bits per heavy atom. The van der Waals surface area contributed by atoms with Crippen LogP contribution >= 0.6 is 0 Å². The number of ether oxygens (including phenoxy) is 1. The molecule has 1 heterocycles. The zero-order valence-corrected chi connectivity index (χ0v) is 16.2. The highest BCUT2D eigenvalue weighted by Crippen LogP contribution is 2.35. The topological polar surface area (TPSA) is 119 Å². The number of ketones is 1. The van der Waals surface area contributed by atoms with Crippen LogP contribution in [0.3, 0.4) is 0 Å². The van der Waals surface area contributed by atoms with Crippen LogP contribution in [0, 0.1) is 21.7 Å². The van der Waals surface area contributed by atoms with E-state index in [4.69, 9.17) is 4.74 Å². The second kappa shape index (κ2) is 8.30. The van der Waals surface area contributed by atoms with Crippen LogP contribution < -0.4 is 10.1 Å². The number of imide groups is 1. The van der Waals surface area contributed by atoms with Gasteiger partial charge in [-0.2, -0.15) is 0 Å². The van der Waals surface area contributed by atoms with E-state index >= 15 is 0 Å². The van der Waals surface area contributed by atoms with Crippen molar-refractivity contribution in [2.75, 3.05) is 0 Å². The van der Waals surface area contributed by atoms with Crippen molar-refractivity contribution in [3.05, 3.63) is 81.0 Å². The molecule has 1 unspecified atom stereocenters. The minimum Gasteiger partial charge on any atom is -0.410 e. The Bertz CT molecular complexity index is 1130. The Labute approximate surface area is 174 Å². The highest BCUT2D eigenvalue weighted by molar-refractivity contribution is 6.02. The number of hydrogen-bond acceptors (Lipinski definition) is 6. The first-order valence-corrected chi connectivity index (χ1v) is 8.83. The highest BCUT2D eigenvalue weighted by atomic mass is 19.2. The van der Waals surface area contributed by atoms with Gasteiger partial charge in [-0.1, -0.05) is 6.07 Å². The maximum absolute atomic E-state index is 13.9. The van der Waals surface area contributed by atoms with Crippen LogP contribution in [-0.2, 0) is 4.79 Å². The van der Waals surface area contributed by atoms with Gasteiger partial charge in [0.15, 0.2) is 17.4 Å². The predicted octanol–water partition coefficient (Wildman–Crippen LogP) is 4.00. The first-order valence-electron chi connectivity index (χ1n) is 8.83. The van der Waals surface area contributed by atoms with Crippen molar-refractivity contribution in [3.8, 4) is 5.75 Å². The first kappa shape index (κ1) is 21.6. The van der Waals surface area contributed by atoms with Gasteiger partial charge in [-0.05, 0) is 43.7 Å². The molecule has 1 atom stereocenters. The average molecular weight is 431 g/mol. The fraction of sp³-hybridized carbons (Fsp3) is 0.150. The van der Waals surface area contributed by atoms with E-state index in [1.54, 1.807) is 0 Å². The minimum atomic E-state index is -1.38. The van der Waals surface area contributed by atoms with Crippen molar-refractivity contribution in [1.82, 2.24) is 10.2 Å². The first-order chi connectivity index (χ1) is 14.6. The van der Waals surface area contributed by atoms with E-state index in [2.05, 4.69) is 5.32 Å². The Morgan fingerprint density at radius 2 is 1.77 bits per heavy atom. The number of carbonyl (C=O) groups is 3. The fourth-order valence-electron chi connectivity index (χ4n) is 3.17. The minimum absolute atomic E-state index is 0.0220. The molecule has 1 N–H and O–H groups in total. The molecule has 0 bridgehead atoms. The number of urea groups is 1. The van der Waals surface area contributed by atoms with E-state index in [0.29, 0.717) is 4.90 Å². The van der Waals surface area contributed by atoms with E-state index in [1.807, 2.05) is 0 Å². The number of nitrogens with one attached hydrogen (secondary N) is 1. The molecule has 2 aromatic carbocycles. The largest absolute Gasteiger partial charge is 0.424 e. The summed E-state index contributed by atoms with van der Waals surface area (Å²) in [5.74, 6) is -3.00. The number of nitrogens with zero attached hydrogens (tertiary/aromatic N) is 2. The second-order valence-electron chi connectivity index (χ2n) is 6.59. The number of benzene rings is 2. The molecule has 1 aliphatic heterocycles. The van der Waals surface area contributed by atoms with Crippen molar-refractivity contribution in [3.63, 3.8) is 0 Å². The molecule has 0 aromatic heterocycles. The lowest BCUT2D eigenvalue weighted by Gasteiger charge is -2.35. The Kier molecular flexibility index (Phi) is 5.77. The summed E-state index contributed by atoms with van der Waals surface area (Å²) >= 11 is 0. The Hall–Kier alpha value is -4.15. The summed E-state index contributed by atoms with van der Waals surface area (Å²) in [7, 11) is 0. The summed E-state index contributed by atoms with van der Waals surface area (Å²) in [6.07, 6.45) is -1.23. The SMILES string of the molecule is CC(=O)C1=C(C)NC(=O)N(C(=O)Oc2ccc([N+](=O)[O-])cc2)C1c1ccc(F)c(F)c1. The van der Waals surface area contributed by atoms with Gasteiger partial charge >= 0.3 is 12.1 Å². The summed E-state index contributed by atoms with van der Waals surface area (Å²) < 4.78 is 32.4. The van der Waals surface area contributed by atoms with Crippen molar-refractivity contribution >= 4 is 23.6 Å². The molecule has 0 fully saturated rings. The third kappa shape index (κ3) is 4.25. The highest BCUT2D eigenvalue weighted by Gasteiger charge is 2.41. The monoisotopic (exact) mass is 431 g/mol. The maximum atomic E-state index is 13.9. The Morgan fingerprint density at radius 1 is 1.13 bits per heavy atom. The lowest BCUT2D eigenvalue weighted by Crippen LogP contribution is -2.51. The van der Waals surface area contributed by atoms with Gasteiger partial charge in [-0.25, -0.2) is 23.3 Å². The van der Waals surface area contributed by atoms with Crippen LogP contribution in [0.25, 0.3) is 0 Å². The van der Waals surface area contributed by atoms with Crippen LogP contribution in [0.5, 0.6) is 5.75 Å². The third-order valence-electron chi connectivity index (χ3n) is 4.54. The number of nitro benzene ring substituents is 1. The molecule has 3 amide bonds. The van der Waals surface area contributed by atoms with Gasteiger partial charge in [0.2, 0.25) is 0 Å². The molecule has 0 saturated heterocycles. The van der Waals surface area contributed by atoms with E-state index in [9.17, 15) is 33.3 Å². The number of amides is 3. The lowest BCUT2D eigenvalue weighted by molar-refractivity contribution is -0.384. The molecule has 0 radical (unpaired) electrons. The molecule has 11 heteroatoms. The van der Waals surface area contributed by atoms with Crippen LogP contribution in [0.1, 0.15) is 25.5 Å². The number of hydrogen-bond donors (Lipinski definition) is 1. The molecule has 2 aromatic rings. The van der Waals surface area contributed by atoms with Gasteiger partial charge in [0.25, 0.3) is 5.69 Å². The van der Waals surface area contributed by atoms with Crippen molar-refractivity contribution < 1.29 is 32.8 Å². The van der Waals surface area contributed by atoms with Gasteiger partial charge < -0.3 is 10.1 Å². The zero-order valence-electron chi connectivity index (χ0n) is 16.2. The van der Waals surface area contributed by atoms with E-state index in [-0.39, 0.29) is 28.3 Å². The normalized spacial score (nSPS) is 16.1. The Balaban J connectivity index is 2.03. The average Bonchev–Trinajstić information content (AvgIpc) is 2.69. The predicted molar refractivity (Wildman–Crippen MR) is 102 cm³/mol. The summed E-state index contributed by atoms with van der Waals surface area (Å²) in [5.41, 5.74) is -0.149. The van der Waals surface area contributed by atoms with E-state index < -0.39 is 40.5 Å². The number of non-ortho nitro benzene ring substituents is 1. The number of allylic oxidation sites excluding steroid dienone is 1. The van der Waals surface area contributed by atoms with Crippen molar-refractivity contribution in [1.29, 1.82) is 0 Å². The molecule has 31 heavy (non-hydrogen) atoms. The van der Waals surface area contributed by atoms with Gasteiger partial charge in [-0.3, -0.25) is 14.9 Å². The number of carbonyl (C=O) groups excluding carboxylic acids is 3. The summed E-state index contributed by atoms with van der Waals surface area (Å²) in [6, 6.07) is 4.88. The van der Waals surface area contributed by atoms with E-state index in [0.717, 1.165) is 42.5 Å². The van der Waals surface area contributed by atoms with Crippen LogP contribution in [0.4, 0.5) is 24.1 Å². The molecular formula is C20H15F2N3O6. The van der Waals surface area contributed by atoms with Gasteiger partial charge in [0.1, 0.15) is 11.8 Å². The molecule has 0 aliphatic carbocycles. The van der Waals surface area contributed by atoms with Crippen molar-refractivity contribution in [2.45, 2.75) is 19.9 Å². The maximum Gasteiger partial charge on any atom is 0.424 e. The van der Waals surface area contributed by atoms with Crippen LogP contribution in [-0.4, -0.2) is 27.7 Å². The van der Waals surface area contributed by atoms with Gasteiger partial charge in [0, 0.05) is 23.4 Å². The standard InChI is InChI=1S/C20H15F2N3O6/c1-10-17(11(2)26)18(12-3-8-15(21)16(22)9-12)24(19(27)23-10)20(28)31-14-6-4-13(5-7-14)25(29)30/h3-9,18H,1-2H3,(H,23,27). The molecule has 0 saturated carbocycles. The summed E-state index contributed by atoms with van der Waals surface area (Å²) in [6.45, 7) is 2.63. The fourth-order valence-corrected chi connectivity index (χ4v) is 3.17.